The van der Waals surface area contributed by atoms with Crippen LogP contribution in [0.2, 0.25) is 0 Å². The van der Waals surface area contributed by atoms with Gasteiger partial charge in [0.15, 0.2) is 0 Å². The molecule has 0 aromatic heterocycles. The molecule has 0 aliphatic carbocycles. The van der Waals surface area contributed by atoms with E-state index in [4.69, 9.17) is 5.73 Å². The highest BCUT2D eigenvalue weighted by Crippen LogP contribution is 2.20. The van der Waals surface area contributed by atoms with Crippen LogP contribution in [-0.4, -0.2) is 54.0 Å². The predicted octanol–water partition coefficient (Wildman–Crippen LogP) is 0.899. The van der Waals surface area contributed by atoms with Gasteiger partial charge in [0.05, 0.1) is 0 Å². The molecule has 112 valence electrons. The van der Waals surface area contributed by atoms with Crippen LogP contribution in [0.5, 0.6) is 0 Å². The van der Waals surface area contributed by atoms with Gasteiger partial charge in [-0.25, -0.2) is 4.79 Å². The van der Waals surface area contributed by atoms with Crippen LogP contribution < -0.4 is 11.1 Å². The van der Waals surface area contributed by atoms with Crippen molar-refractivity contribution in [3.05, 3.63) is 29.8 Å². The van der Waals surface area contributed by atoms with E-state index in [9.17, 15) is 9.59 Å². The van der Waals surface area contributed by atoms with E-state index in [1.807, 2.05) is 9.80 Å². The number of nitrogens with two attached hydrogens (primary N) is 1. The fourth-order valence-corrected chi connectivity index (χ4v) is 3.07. The summed E-state index contributed by atoms with van der Waals surface area (Å²) in [6.07, 6.45) is 1.67. The number of carbonyl (C=O) groups excluding carboxylic acids is 2. The first-order chi connectivity index (χ1) is 10.1. The predicted molar refractivity (Wildman–Crippen MR) is 79.9 cm³/mol. The van der Waals surface area contributed by atoms with E-state index in [1.165, 1.54) is 0 Å². The average Bonchev–Trinajstić information content (AvgIpc) is 2.93. The van der Waals surface area contributed by atoms with Crippen molar-refractivity contribution < 1.29 is 9.59 Å². The van der Waals surface area contributed by atoms with Gasteiger partial charge in [-0.1, -0.05) is 6.07 Å². The molecule has 0 bridgehead atoms. The molecule has 2 aliphatic rings. The molecule has 3 amide bonds. The lowest BCUT2D eigenvalue weighted by Crippen LogP contribution is -2.47. The van der Waals surface area contributed by atoms with E-state index in [-0.39, 0.29) is 18.0 Å². The number of nitrogen functional groups attached to an aromatic ring is 1. The van der Waals surface area contributed by atoms with Gasteiger partial charge in [0, 0.05) is 43.5 Å². The lowest BCUT2D eigenvalue weighted by molar-refractivity contribution is 0.0666. The molecule has 0 atom stereocenters. The number of rotatable bonds is 2. The molecule has 3 rings (SSSR count). The largest absolute Gasteiger partial charge is 0.399 e. The third-order valence-electron chi connectivity index (χ3n) is 4.22. The molecular formula is C15H20N4O2. The summed E-state index contributed by atoms with van der Waals surface area (Å²) >= 11 is 0. The molecule has 0 saturated carbocycles. The number of carbonyl (C=O) groups is 2. The molecular weight excluding hydrogens is 268 g/mol. The maximum Gasteiger partial charge on any atom is 0.317 e. The second-order valence-electron chi connectivity index (χ2n) is 5.57. The van der Waals surface area contributed by atoms with E-state index < -0.39 is 0 Å². The minimum absolute atomic E-state index is 0.0200. The highest BCUT2D eigenvalue weighted by molar-refractivity contribution is 5.95. The van der Waals surface area contributed by atoms with E-state index in [0.29, 0.717) is 24.3 Å². The smallest absolute Gasteiger partial charge is 0.317 e. The molecule has 21 heavy (non-hydrogen) atoms. The molecule has 2 heterocycles. The number of nitrogens with zero attached hydrogens (tertiary/aromatic N) is 2. The Hall–Kier alpha value is -2.24. The topological polar surface area (TPSA) is 78.7 Å². The van der Waals surface area contributed by atoms with Crippen molar-refractivity contribution in [3.8, 4) is 0 Å². The van der Waals surface area contributed by atoms with Crippen molar-refractivity contribution in [2.24, 2.45) is 0 Å². The maximum atomic E-state index is 12.4. The van der Waals surface area contributed by atoms with Crippen molar-refractivity contribution >= 4 is 17.6 Å². The van der Waals surface area contributed by atoms with E-state index in [1.54, 1.807) is 24.3 Å². The van der Waals surface area contributed by atoms with Crippen LogP contribution >= 0.6 is 0 Å². The van der Waals surface area contributed by atoms with Crippen molar-refractivity contribution in [3.63, 3.8) is 0 Å². The fraction of sp³-hybridized carbons (Fsp3) is 0.467. The number of hydrogen-bond acceptors (Lipinski definition) is 3. The molecule has 6 nitrogen and oxygen atoms in total. The fourth-order valence-electron chi connectivity index (χ4n) is 3.07. The van der Waals surface area contributed by atoms with Gasteiger partial charge in [-0.05, 0) is 31.0 Å². The zero-order valence-corrected chi connectivity index (χ0v) is 11.9. The second-order valence-corrected chi connectivity index (χ2v) is 5.57. The summed E-state index contributed by atoms with van der Waals surface area (Å²) in [5, 5.41) is 2.83. The molecule has 0 unspecified atom stereocenters. The molecule has 1 aromatic rings. The van der Waals surface area contributed by atoms with Crippen molar-refractivity contribution in [2.75, 3.05) is 31.9 Å². The van der Waals surface area contributed by atoms with E-state index in [0.717, 1.165) is 25.9 Å². The standard InChI is InChI=1S/C15H20N4O2/c16-12-3-1-2-11(10-12)14(20)18-7-4-13(5-8-18)19-9-6-17-15(19)21/h1-3,10,13H,4-9,16H2,(H,17,21). The first kappa shape index (κ1) is 13.7. The van der Waals surface area contributed by atoms with Crippen molar-refractivity contribution in [1.29, 1.82) is 0 Å². The van der Waals surface area contributed by atoms with Gasteiger partial charge in [0.25, 0.3) is 5.91 Å². The van der Waals surface area contributed by atoms with Crippen LogP contribution in [0.3, 0.4) is 0 Å². The minimum atomic E-state index is 0.0200. The van der Waals surface area contributed by atoms with E-state index >= 15 is 0 Å². The van der Waals surface area contributed by atoms with Gasteiger partial charge in [-0.3, -0.25) is 4.79 Å². The number of urea groups is 1. The number of nitrogens with one attached hydrogen (secondary N) is 1. The van der Waals surface area contributed by atoms with Gasteiger partial charge in [0.2, 0.25) is 0 Å². The van der Waals surface area contributed by atoms with Crippen LogP contribution in [0.1, 0.15) is 23.2 Å². The number of hydrogen-bond donors (Lipinski definition) is 2. The summed E-state index contributed by atoms with van der Waals surface area (Å²) < 4.78 is 0. The summed E-state index contributed by atoms with van der Waals surface area (Å²) in [7, 11) is 0. The molecule has 2 aliphatic heterocycles. The van der Waals surface area contributed by atoms with Crippen LogP contribution in [0.15, 0.2) is 24.3 Å². The third-order valence-corrected chi connectivity index (χ3v) is 4.22. The first-order valence-corrected chi connectivity index (χ1v) is 7.34. The molecule has 3 N–H and O–H groups in total. The van der Waals surface area contributed by atoms with Crippen molar-refractivity contribution in [1.82, 2.24) is 15.1 Å². The zero-order valence-electron chi connectivity index (χ0n) is 11.9. The number of anilines is 1. The van der Waals surface area contributed by atoms with Crippen LogP contribution in [-0.2, 0) is 0 Å². The molecule has 0 spiro atoms. The summed E-state index contributed by atoms with van der Waals surface area (Å²) in [5.41, 5.74) is 6.96. The number of likely N-dealkylation sites (tertiary alicyclic amines) is 1. The molecule has 6 heteroatoms. The highest BCUT2D eigenvalue weighted by atomic mass is 16.2. The van der Waals surface area contributed by atoms with Gasteiger partial charge in [-0.15, -0.1) is 0 Å². The third kappa shape index (κ3) is 2.79. The van der Waals surface area contributed by atoms with Gasteiger partial charge in [-0.2, -0.15) is 0 Å². The number of benzene rings is 1. The van der Waals surface area contributed by atoms with Crippen LogP contribution in [0, 0.1) is 0 Å². The Kier molecular flexibility index (Phi) is 3.68. The van der Waals surface area contributed by atoms with Gasteiger partial charge < -0.3 is 20.9 Å². The summed E-state index contributed by atoms with van der Waals surface area (Å²) in [6.45, 7) is 2.86. The Morgan fingerprint density at radius 1 is 1.24 bits per heavy atom. The van der Waals surface area contributed by atoms with Crippen LogP contribution in [0.25, 0.3) is 0 Å². The Morgan fingerprint density at radius 2 is 2.00 bits per heavy atom. The molecule has 0 radical (unpaired) electrons. The lowest BCUT2D eigenvalue weighted by atomic mass is 10.0. The lowest BCUT2D eigenvalue weighted by Gasteiger charge is -2.36. The molecule has 1 aromatic carbocycles. The number of amides is 3. The van der Waals surface area contributed by atoms with Gasteiger partial charge >= 0.3 is 6.03 Å². The summed E-state index contributed by atoms with van der Waals surface area (Å²) in [5.74, 6) is 0.0200. The highest BCUT2D eigenvalue weighted by Gasteiger charge is 2.32. The second kappa shape index (κ2) is 5.63. The number of piperidine rings is 1. The maximum absolute atomic E-state index is 12.4. The van der Waals surface area contributed by atoms with Gasteiger partial charge in [0.1, 0.15) is 0 Å². The first-order valence-electron chi connectivity index (χ1n) is 7.34. The SMILES string of the molecule is Nc1cccc(C(=O)N2CCC(N3CCNC3=O)CC2)c1. The monoisotopic (exact) mass is 288 g/mol. The Balaban J connectivity index is 1.60. The van der Waals surface area contributed by atoms with Crippen molar-refractivity contribution in [2.45, 2.75) is 18.9 Å². The molecule has 2 fully saturated rings. The Bertz CT molecular complexity index is 552. The zero-order chi connectivity index (χ0) is 14.8. The van der Waals surface area contributed by atoms with E-state index in [2.05, 4.69) is 5.32 Å². The Morgan fingerprint density at radius 3 is 2.62 bits per heavy atom. The normalized spacial score (nSPS) is 19.7. The average molecular weight is 288 g/mol. The quantitative estimate of drug-likeness (QED) is 0.794. The Labute approximate surface area is 123 Å². The summed E-state index contributed by atoms with van der Waals surface area (Å²) in [4.78, 5) is 27.8. The van der Waals surface area contributed by atoms with Crippen LogP contribution in [0.4, 0.5) is 10.5 Å². The minimum Gasteiger partial charge on any atom is -0.399 e. The molecule has 2 saturated heterocycles. The summed E-state index contributed by atoms with van der Waals surface area (Å²) in [6, 6.07) is 7.34.